The number of hydrogen-bond acceptors (Lipinski definition) is 6. The van der Waals surface area contributed by atoms with Gasteiger partial charge in [-0.05, 0) is 19.4 Å². The molecule has 0 atom stereocenters. The molecule has 3 aromatic rings. The van der Waals surface area contributed by atoms with E-state index in [1.165, 1.54) is 6.20 Å². The number of carbonyl (C=O) groups is 1. The van der Waals surface area contributed by atoms with Crippen LogP contribution < -0.4 is 0 Å². The zero-order valence-electron chi connectivity index (χ0n) is 11.7. The Kier molecular flexibility index (Phi) is 3.66. The van der Waals surface area contributed by atoms with E-state index in [0.29, 0.717) is 11.2 Å². The molecule has 0 saturated carbocycles. The number of aryl methyl sites for hydroxylation is 2. The summed E-state index contributed by atoms with van der Waals surface area (Å²) in [5.41, 5.74) is 2.49. The lowest BCUT2D eigenvalue weighted by atomic mass is 10.3. The van der Waals surface area contributed by atoms with Crippen molar-refractivity contribution in [1.29, 1.82) is 0 Å². The van der Waals surface area contributed by atoms with E-state index in [4.69, 9.17) is 4.74 Å². The van der Waals surface area contributed by atoms with Crippen molar-refractivity contribution in [3.8, 4) is 0 Å². The largest absolute Gasteiger partial charge is 0.456 e. The molecule has 6 nitrogen and oxygen atoms in total. The standard InChI is InChI=1S/C14H14N4O2S/c1-3-12-18-10(7-21-12)6-20-14(19)9-4-11-13(15-5-9)17-8(2)16-11/h4-5,7H,3,6H2,1-2H3,(H,15,16,17). The number of thiazole rings is 1. The van der Waals surface area contributed by atoms with Crippen molar-refractivity contribution in [3.63, 3.8) is 0 Å². The monoisotopic (exact) mass is 302 g/mol. The van der Waals surface area contributed by atoms with E-state index in [2.05, 4.69) is 19.9 Å². The summed E-state index contributed by atoms with van der Waals surface area (Å²) in [5, 5.41) is 2.95. The van der Waals surface area contributed by atoms with Gasteiger partial charge in [0.15, 0.2) is 5.65 Å². The minimum Gasteiger partial charge on any atom is -0.456 e. The molecule has 0 fully saturated rings. The fourth-order valence-corrected chi connectivity index (χ4v) is 2.66. The number of imidazole rings is 1. The quantitative estimate of drug-likeness (QED) is 0.749. The second-order valence-corrected chi connectivity index (χ2v) is 5.52. The number of nitrogens with zero attached hydrogens (tertiary/aromatic N) is 3. The fourth-order valence-electron chi connectivity index (χ4n) is 1.93. The van der Waals surface area contributed by atoms with Crippen LogP contribution in [-0.2, 0) is 17.8 Å². The van der Waals surface area contributed by atoms with E-state index in [-0.39, 0.29) is 6.61 Å². The van der Waals surface area contributed by atoms with Crippen LogP contribution in [0.15, 0.2) is 17.6 Å². The van der Waals surface area contributed by atoms with Crippen LogP contribution in [0.3, 0.4) is 0 Å². The molecule has 3 aromatic heterocycles. The highest BCUT2D eigenvalue weighted by molar-refractivity contribution is 7.09. The fraction of sp³-hybridized carbons (Fsp3) is 0.286. The maximum absolute atomic E-state index is 12.0. The van der Waals surface area contributed by atoms with Crippen molar-refractivity contribution >= 4 is 28.5 Å². The van der Waals surface area contributed by atoms with Crippen LogP contribution in [0.25, 0.3) is 11.2 Å². The molecule has 3 heterocycles. The average Bonchev–Trinajstić information content (AvgIpc) is 3.08. The molecule has 0 unspecified atom stereocenters. The molecule has 0 aromatic carbocycles. The normalized spacial score (nSPS) is 11.0. The van der Waals surface area contributed by atoms with Crippen LogP contribution in [0.4, 0.5) is 0 Å². The van der Waals surface area contributed by atoms with Crippen LogP contribution in [-0.4, -0.2) is 25.9 Å². The van der Waals surface area contributed by atoms with E-state index in [9.17, 15) is 4.79 Å². The summed E-state index contributed by atoms with van der Waals surface area (Å²) in [6.45, 7) is 4.06. The number of esters is 1. The lowest BCUT2D eigenvalue weighted by Crippen LogP contribution is -2.06. The number of rotatable bonds is 4. The summed E-state index contributed by atoms with van der Waals surface area (Å²) in [4.78, 5) is 27.8. The number of nitrogens with one attached hydrogen (secondary N) is 1. The lowest BCUT2D eigenvalue weighted by molar-refractivity contribution is 0.0468. The van der Waals surface area contributed by atoms with Crippen LogP contribution >= 0.6 is 11.3 Å². The Hall–Kier alpha value is -2.28. The average molecular weight is 302 g/mol. The summed E-state index contributed by atoms with van der Waals surface area (Å²) >= 11 is 1.57. The second-order valence-electron chi connectivity index (χ2n) is 4.58. The number of hydrogen-bond donors (Lipinski definition) is 1. The second kappa shape index (κ2) is 5.61. The summed E-state index contributed by atoms with van der Waals surface area (Å²) < 4.78 is 5.26. The Labute approximate surface area is 125 Å². The van der Waals surface area contributed by atoms with Crippen molar-refractivity contribution in [2.24, 2.45) is 0 Å². The first-order valence-corrected chi connectivity index (χ1v) is 7.46. The number of pyridine rings is 1. The molecular formula is C14H14N4O2S. The lowest BCUT2D eigenvalue weighted by Gasteiger charge is -2.02. The number of H-pyrrole nitrogens is 1. The smallest absolute Gasteiger partial charge is 0.340 e. The van der Waals surface area contributed by atoms with E-state index in [1.807, 2.05) is 19.2 Å². The van der Waals surface area contributed by atoms with Crippen molar-refractivity contribution in [2.45, 2.75) is 26.9 Å². The highest BCUT2D eigenvalue weighted by Crippen LogP contribution is 2.14. The Morgan fingerprint density at radius 2 is 2.29 bits per heavy atom. The van der Waals surface area contributed by atoms with Gasteiger partial charge in [-0.3, -0.25) is 0 Å². The molecule has 0 saturated heterocycles. The molecule has 0 spiro atoms. The van der Waals surface area contributed by atoms with Gasteiger partial charge in [0.25, 0.3) is 0 Å². The van der Waals surface area contributed by atoms with Crippen molar-refractivity contribution in [1.82, 2.24) is 19.9 Å². The van der Waals surface area contributed by atoms with Crippen molar-refractivity contribution < 1.29 is 9.53 Å². The van der Waals surface area contributed by atoms with Gasteiger partial charge in [-0.1, -0.05) is 6.92 Å². The van der Waals surface area contributed by atoms with Gasteiger partial charge >= 0.3 is 5.97 Å². The SMILES string of the molecule is CCc1nc(COC(=O)c2cnc3nc(C)[nH]c3c2)cs1. The van der Waals surface area contributed by atoms with Crippen LogP contribution in [0, 0.1) is 6.92 Å². The summed E-state index contributed by atoms with van der Waals surface area (Å²) in [7, 11) is 0. The third-order valence-electron chi connectivity index (χ3n) is 2.94. The number of ether oxygens (including phenoxy) is 1. The van der Waals surface area contributed by atoms with Gasteiger partial charge in [-0.15, -0.1) is 11.3 Å². The van der Waals surface area contributed by atoms with Gasteiger partial charge < -0.3 is 9.72 Å². The number of fused-ring (bicyclic) bond motifs is 1. The predicted octanol–water partition coefficient (Wildman–Crippen LogP) is 2.64. The third kappa shape index (κ3) is 2.92. The van der Waals surface area contributed by atoms with E-state index in [0.717, 1.165) is 28.5 Å². The molecule has 0 aliphatic heterocycles. The first kappa shape index (κ1) is 13.7. The van der Waals surface area contributed by atoms with Gasteiger partial charge in [0.1, 0.15) is 12.4 Å². The molecule has 0 amide bonds. The number of carbonyl (C=O) groups excluding carboxylic acids is 1. The van der Waals surface area contributed by atoms with Gasteiger partial charge in [0.2, 0.25) is 0 Å². The van der Waals surface area contributed by atoms with Gasteiger partial charge in [-0.2, -0.15) is 0 Å². The highest BCUT2D eigenvalue weighted by atomic mass is 32.1. The van der Waals surface area contributed by atoms with Crippen LogP contribution in [0.2, 0.25) is 0 Å². The molecular weight excluding hydrogens is 288 g/mol. The van der Waals surface area contributed by atoms with E-state index < -0.39 is 5.97 Å². The Morgan fingerprint density at radius 1 is 1.43 bits per heavy atom. The predicted molar refractivity (Wildman–Crippen MR) is 79.2 cm³/mol. The molecule has 21 heavy (non-hydrogen) atoms. The van der Waals surface area contributed by atoms with Gasteiger partial charge in [0, 0.05) is 11.6 Å². The Bertz CT molecular complexity index is 793. The minimum atomic E-state index is -0.414. The summed E-state index contributed by atoms with van der Waals surface area (Å²) in [6.07, 6.45) is 2.36. The zero-order chi connectivity index (χ0) is 14.8. The van der Waals surface area contributed by atoms with Gasteiger partial charge in [-0.25, -0.2) is 19.7 Å². The Balaban J connectivity index is 1.71. The molecule has 7 heteroatoms. The first-order chi connectivity index (χ1) is 10.2. The molecule has 0 bridgehead atoms. The van der Waals surface area contributed by atoms with Crippen LogP contribution in [0.1, 0.15) is 33.8 Å². The third-order valence-corrected chi connectivity index (χ3v) is 3.99. The number of aromatic nitrogens is 4. The highest BCUT2D eigenvalue weighted by Gasteiger charge is 2.11. The maximum Gasteiger partial charge on any atom is 0.340 e. The zero-order valence-corrected chi connectivity index (χ0v) is 12.5. The topological polar surface area (TPSA) is 80.8 Å². The summed E-state index contributed by atoms with van der Waals surface area (Å²) in [6, 6.07) is 1.70. The van der Waals surface area contributed by atoms with Crippen molar-refractivity contribution in [3.05, 3.63) is 39.7 Å². The van der Waals surface area contributed by atoms with E-state index in [1.54, 1.807) is 17.4 Å². The van der Waals surface area contributed by atoms with Gasteiger partial charge in [0.05, 0.1) is 21.8 Å². The molecule has 0 aliphatic rings. The molecule has 108 valence electrons. The first-order valence-electron chi connectivity index (χ1n) is 6.58. The van der Waals surface area contributed by atoms with E-state index >= 15 is 0 Å². The Morgan fingerprint density at radius 3 is 3.05 bits per heavy atom. The molecule has 3 rings (SSSR count). The molecule has 0 radical (unpaired) electrons. The van der Waals surface area contributed by atoms with Crippen LogP contribution in [0.5, 0.6) is 0 Å². The number of aromatic amines is 1. The van der Waals surface area contributed by atoms with Crippen molar-refractivity contribution in [2.75, 3.05) is 0 Å². The molecule has 0 aliphatic carbocycles. The minimum absolute atomic E-state index is 0.176. The molecule has 1 N–H and O–H groups in total. The summed E-state index contributed by atoms with van der Waals surface area (Å²) in [5.74, 6) is 0.347. The maximum atomic E-state index is 12.0.